The molecule has 0 saturated heterocycles. The molecule has 0 N–H and O–H groups in total. The summed E-state index contributed by atoms with van der Waals surface area (Å²) in [5.41, 5.74) is 3.77. The van der Waals surface area contributed by atoms with Crippen LogP contribution < -0.4 is 0 Å². The number of ether oxygens (including phenoxy) is 1. The number of pyridine rings is 1. The van der Waals surface area contributed by atoms with Crippen LogP contribution in [0.25, 0.3) is 0 Å². The topological polar surface area (TPSA) is 25.4 Å². The van der Waals surface area contributed by atoms with Gasteiger partial charge >= 0.3 is 0 Å². The van der Waals surface area contributed by atoms with Crippen LogP contribution in [0.1, 0.15) is 42.1 Å². The Morgan fingerprint density at radius 3 is 2.72 bits per heavy atom. The maximum atomic E-state index is 5.48. The summed E-state index contributed by atoms with van der Waals surface area (Å²) in [5, 5.41) is 0. The molecule has 0 aliphatic heterocycles. The zero-order valence-electron chi connectivity index (χ0n) is 11.9. The molecule has 1 saturated carbocycles. The van der Waals surface area contributed by atoms with Crippen molar-refractivity contribution in [3.63, 3.8) is 0 Å². The first-order valence-electron chi connectivity index (χ1n) is 6.74. The monoisotopic (exact) mass is 248 g/mol. The normalized spacial score (nSPS) is 23.8. The summed E-state index contributed by atoms with van der Waals surface area (Å²) in [6.07, 6.45) is 3.98. The zero-order valence-corrected chi connectivity index (χ0v) is 11.9. The molecule has 2 unspecified atom stereocenters. The van der Waals surface area contributed by atoms with Gasteiger partial charge in [-0.3, -0.25) is 4.98 Å². The SMILES string of the molecule is COC1CCC(c2ccc(C)nc2CN(C)C)C1. The minimum atomic E-state index is 0.434. The van der Waals surface area contributed by atoms with E-state index in [2.05, 4.69) is 38.1 Å². The standard InChI is InChI=1S/C15H24N2O/c1-11-5-8-14(15(16-11)10-17(2)3)12-6-7-13(9-12)18-4/h5,8,12-13H,6-7,9-10H2,1-4H3. The fourth-order valence-corrected chi connectivity index (χ4v) is 2.86. The van der Waals surface area contributed by atoms with Gasteiger partial charge in [-0.1, -0.05) is 6.07 Å². The predicted octanol–water partition coefficient (Wildman–Crippen LogP) is 2.73. The Hall–Kier alpha value is -0.930. The quantitative estimate of drug-likeness (QED) is 0.819. The van der Waals surface area contributed by atoms with E-state index < -0.39 is 0 Å². The van der Waals surface area contributed by atoms with Crippen molar-refractivity contribution in [2.75, 3.05) is 21.2 Å². The lowest BCUT2D eigenvalue weighted by atomic mass is 9.95. The highest BCUT2D eigenvalue weighted by Gasteiger charge is 2.27. The van der Waals surface area contributed by atoms with Crippen LogP contribution in [0.5, 0.6) is 0 Å². The van der Waals surface area contributed by atoms with Gasteiger partial charge in [-0.25, -0.2) is 0 Å². The second-order valence-corrected chi connectivity index (χ2v) is 5.59. The number of nitrogens with zero attached hydrogens (tertiary/aromatic N) is 2. The third-order valence-corrected chi connectivity index (χ3v) is 3.77. The summed E-state index contributed by atoms with van der Waals surface area (Å²) in [4.78, 5) is 6.91. The van der Waals surface area contributed by atoms with E-state index in [0.717, 1.165) is 18.7 Å². The zero-order chi connectivity index (χ0) is 13.1. The van der Waals surface area contributed by atoms with Crippen molar-refractivity contribution in [1.82, 2.24) is 9.88 Å². The van der Waals surface area contributed by atoms with E-state index in [-0.39, 0.29) is 0 Å². The average molecular weight is 248 g/mol. The fourth-order valence-electron chi connectivity index (χ4n) is 2.86. The molecule has 3 heteroatoms. The van der Waals surface area contributed by atoms with Crippen LogP contribution in [0, 0.1) is 6.92 Å². The molecule has 1 heterocycles. The third kappa shape index (κ3) is 3.09. The van der Waals surface area contributed by atoms with Crippen molar-refractivity contribution < 1.29 is 4.74 Å². The highest BCUT2D eigenvalue weighted by molar-refractivity contribution is 5.27. The third-order valence-electron chi connectivity index (χ3n) is 3.77. The molecule has 1 aliphatic carbocycles. The Morgan fingerprint density at radius 1 is 1.33 bits per heavy atom. The molecule has 0 amide bonds. The molecular weight excluding hydrogens is 224 g/mol. The van der Waals surface area contributed by atoms with Gasteiger partial charge in [0.25, 0.3) is 0 Å². The van der Waals surface area contributed by atoms with Gasteiger partial charge in [0.2, 0.25) is 0 Å². The maximum Gasteiger partial charge on any atom is 0.0581 e. The van der Waals surface area contributed by atoms with Crippen molar-refractivity contribution >= 4 is 0 Å². The molecule has 1 aliphatic rings. The lowest BCUT2D eigenvalue weighted by Gasteiger charge is -2.18. The second kappa shape index (κ2) is 5.81. The Bertz CT molecular complexity index is 403. The predicted molar refractivity (Wildman–Crippen MR) is 73.8 cm³/mol. The van der Waals surface area contributed by atoms with E-state index in [1.54, 1.807) is 0 Å². The molecule has 0 radical (unpaired) electrons. The van der Waals surface area contributed by atoms with Crippen LogP contribution in [0.3, 0.4) is 0 Å². The van der Waals surface area contributed by atoms with Crippen molar-refractivity contribution in [2.24, 2.45) is 0 Å². The van der Waals surface area contributed by atoms with Crippen molar-refractivity contribution in [2.45, 2.75) is 44.8 Å². The molecule has 100 valence electrons. The fraction of sp³-hybridized carbons (Fsp3) is 0.667. The number of aromatic nitrogens is 1. The molecule has 3 nitrogen and oxygen atoms in total. The molecule has 0 bridgehead atoms. The first kappa shape index (κ1) is 13.5. The van der Waals surface area contributed by atoms with E-state index in [9.17, 15) is 0 Å². The van der Waals surface area contributed by atoms with Gasteiger partial charge in [0.15, 0.2) is 0 Å². The summed E-state index contributed by atoms with van der Waals surface area (Å²) in [6.45, 7) is 2.99. The molecule has 0 aromatic carbocycles. The largest absolute Gasteiger partial charge is 0.381 e. The first-order valence-corrected chi connectivity index (χ1v) is 6.74. The summed E-state index contributed by atoms with van der Waals surface area (Å²) in [7, 11) is 6.02. The molecular formula is C15H24N2O. The summed E-state index contributed by atoms with van der Waals surface area (Å²) < 4.78 is 5.48. The van der Waals surface area contributed by atoms with Gasteiger partial charge < -0.3 is 9.64 Å². The Kier molecular flexibility index (Phi) is 4.36. The van der Waals surface area contributed by atoms with Crippen LogP contribution in [0.15, 0.2) is 12.1 Å². The summed E-state index contributed by atoms with van der Waals surface area (Å²) >= 11 is 0. The van der Waals surface area contributed by atoms with Crippen molar-refractivity contribution in [3.05, 3.63) is 29.1 Å². The van der Waals surface area contributed by atoms with Gasteiger partial charge in [-0.15, -0.1) is 0 Å². The lowest BCUT2D eigenvalue weighted by molar-refractivity contribution is 0.108. The molecule has 18 heavy (non-hydrogen) atoms. The minimum Gasteiger partial charge on any atom is -0.381 e. The highest BCUT2D eigenvalue weighted by atomic mass is 16.5. The number of aryl methyl sites for hydroxylation is 1. The van der Waals surface area contributed by atoms with Gasteiger partial charge in [0.05, 0.1) is 11.8 Å². The van der Waals surface area contributed by atoms with E-state index in [1.807, 2.05) is 7.11 Å². The highest BCUT2D eigenvalue weighted by Crippen LogP contribution is 2.37. The minimum absolute atomic E-state index is 0.434. The Morgan fingerprint density at radius 2 is 2.11 bits per heavy atom. The maximum absolute atomic E-state index is 5.48. The molecule has 0 spiro atoms. The summed E-state index contributed by atoms with van der Waals surface area (Å²) in [6, 6.07) is 4.40. The van der Waals surface area contributed by atoms with Crippen LogP contribution in [0.4, 0.5) is 0 Å². The van der Waals surface area contributed by atoms with Crippen molar-refractivity contribution in [3.8, 4) is 0 Å². The molecule has 2 rings (SSSR count). The van der Waals surface area contributed by atoms with E-state index in [4.69, 9.17) is 9.72 Å². The van der Waals surface area contributed by atoms with Gasteiger partial charge in [-0.2, -0.15) is 0 Å². The summed E-state index contributed by atoms with van der Waals surface area (Å²) in [5.74, 6) is 0.623. The van der Waals surface area contributed by atoms with Crippen molar-refractivity contribution in [1.29, 1.82) is 0 Å². The molecule has 1 fully saturated rings. The van der Waals surface area contributed by atoms with Crippen LogP contribution in [0.2, 0.25) is 0 Å². The van der Waals surface area contributed by atoms with Gasteiger partial charge in [0, 0.05) is 19.3 Å². The smallest absolute Gasteiger partial charge is 0.0581 e. The van der Waals surface area contributed by atoms with Gasteiger partial charge in [0.1, 0.15) is 0 Å². The number of hydrogen-bond donors (Lipinski definition) is 0. The Labute approximate surface area is 110 Å². The lowest BCUT2D eigenvalue weighted by Crippen LogP contribution is -2.15. The number of hydrogen-bond acceptors (Lipinski definition) is 3. The van der Waals surface area contributed by atoms with Crippen LogP contribution in [-0.2, 0) is 11.3 Å². The van der Waals surface area contributed by atoms with Crippen LogP contribution >= 0.6 is 0 Å². The molecule has 1 aromatic rings. The molecule has 2 atom stereocenters. The van der Waals surface area contributed by atoms with Gasteiger partial charge in [-0.05, 0) is 57.8 Å². The second-order valence-electron chi connectivity index (χ2n) is 5.59. The van der Waals surface area contributed by atoms with E-state index in [0.29, 0.717) is 12.0 Å². The van der Waals surface area contributed by atoms with E-state index >= 15 is 0 Å². The van der Waals surface area contributed by atoms with Crippen LogP contribution in [-0.4, -0.2) is 37.2 Å². The average Bonchev–Trinajstić information content (AvgIpc) is 2.77. The number of methoxy groups -OCH3 is 1. The number of rotatable bonds is 4. The molecule has 1 aromatic heterocycles. The first-order chi connectivity index (χ1) is 8.60. The van der Waals surface area contributed by atoms with E-state index in [1.165, 1.54) is 24.1 Å². The Balaban J connectivity index is 2.21.